The van der Waals surface area contributed by atoms with Crippen LogP contribution in [0.15, 0.2) is 44.8 Å². The second-order valence-corrected chi connectivity index (χ2v) is 9.77. The van der Waals surface area contributed by atoms with Gasteiger partial charge in [0, 0.05) is 0 Å². The molecule has 0 aliphatic heterocycles. The van der Waals surface area contributed by atoms with Gasteiger partial charge in [0.25, 0.3) is 0 Å². The molecule has 0 saturated heterocycles. The second-order valence-electron chi connectivity index (χ2n) is 4.62. The Labute approximate surface area is 139 Å². The van der Waals surface area contributed by atoms with Crippen LogP contribution in [0.5, 0.6) is 0 Å². The summed E-state index contributed by atoms with van der Waals surface area (Å²) in [7, 11) is -3.61. The van der Waals surface area contributed by atoms with E-state index in [2.05, 4.69) is 32.8 Å². The summed E-state index contributed by atoms with van der Waals surface area (Å²) in [4.78, 5) is 2.51. The Hall–Kier alpha value is -0.881. The van der Waals surface area contributed by atoms with Crippen LogP contribution in [-0.2, 0) is 10.0 Å². The molecule has 0 aliphatic carbocycles. The summed E-state index contributed by atoms with van der Waals surface area (Å²) in [6.45, 7) is 5.77. The van der Waals surface area contributed by atoms with Gasteiger partial charge in [0.1, 0.15) is 0 Å². The van der Waals surface area contributed by atoms with Crippen LogP contribution in [0.4, 0.5) is 0 Å². The van der Waals surface area contributed by atoms with E-state index in [9.17, 15) is 8.42 Å². The number of hydrogen-bond acceptors (Lipinski definition) is 3. The summed E-state index contributed by atoms with van der Waals surface area (Å²) in [5.41, 5.74) is 1.71. The van der Waals surface area contributed by atoms with Gasteiger partial charge in [-0.05, 0) is 0 Å². The Balaban J connectivity index is 2.20. The van der Waals surface area contributed by atoms with Gasteiger partial charge in [0.15, 0.2) is 0 Å². The number of halogens is 1. The molecule has 7 heteroatoms. The fourth-order valence-corrected chi connectivity index (χ4v) is 5.24. The average Bonchev–Trinajstić information content (AvgIpc) is 2.77. The number of nitrogens with zero attached hydrogens (tertiary/aromatic N) is 1. The monoisotopic (exact) mass is 434 g/mol. The van der Waals surface area contributed by atoms with Gasteiger partial charge >= 0.3 is 139 Å². The first-order valence-corrected chi connectivity index (χ1v) is 10.2. The molecule has 1 N–H and O–H groups in total. The van der Waals surface area contributed by atoms with Gasteiger partial charge in [-0.2, -0.15) is 0 Å². The Morgan fingerprint density at radius 1 is 1.24 bits per heavy atom. The van der Waals surface area contributed by atoms with Crippen LogP contribution >= 0.6 is 15.9 Å². The fourth-order valence-electron chi connectivity index (χ4n) is 1.59. The summed E-state index contributed by atoms with van der Waals surface area (Å²) in [5.74, 6) is 0. The van der Waals surface area contributed by atoms with Crippen molar-refractivity contribution in [2.24, 2.45) is 5.10 Å². The number of sulfonamides is 1. The maximum atomic E-state index is 12.1. The molecule has 0 radical (unpaired) electrons. The maximum absolute atomic E-state index is 12.1. The first kappa shape index (κ1) is 16.5. The molecule has 0 amide bonds. The molecule has 0 fully saturated rings. The predicted molar refractivity (Wildman–Crippen MR) is 89.5 cm³/mol. The molecule has 0 atom stereocenters. The minimum absolute atomic E-state index is 0.196. The zero-order valence-electron chi connectivity index (χ0n) is 11.8. The standard InChI is InChI=1S/C14H15BrN2O2SSe/c1-9-4-6-12(7-5-9)20(18,19)17-16-10(2)14-8-13(15)11(3)21-14/h4-8,17H,1-3H3. The Morgan fingerprint density at radius 3 is 2.38 bits per heavy atom. The second kappa shape index (κ2) is 6.48. The SMILES string of the molecule is CC(=NNS(=O)(=O)c1ccc(C)cc1)c1cc(Br)c(C)[se]1. The third-order valence-electron chi connectivity index (χ3n) is 2.88. The molecule has 4 nitrogen and oxygen atoms in total. The zero-order chi connectivity index (χ0) is 15.6. The van der Waals surface area contributed by atoms with E-state index >= 15 is 0 Å². The number of benzene rings is 1. The van der Waals surface area contributed by atoms with Gasteiger partial charge in [-0.3, -0.25) is 0 Å². The van der Waals surface area contributed by atoms with Crippen LogP contribution in [0.1, 0.15) is 21.4 Å². The Kier molecular flexibility index (Phi) is 5.09. The molecule has 1 aromatic carbocycles. The molecule has 0 spiro atoms. The van der Waals surface area contributed by atoms with E-state index in [0.717, 1.165) is 14.5 Å². The minimum atomic E-state index is -3.61. The van der Waals surface area contributed by atoms with Crippen molar-refractivity contribution in [3.63, 3.8) is 0 Å². The molecule has 0 saturated carbocycles. The molecule has 21 heavy (non-hydrogen) atoms. The summed E-state index contributed by atoms with van der Waals surface area (Å²) in [5, 5.41) is 4.02. The van der Waals surface area contributed by atoms with E-state index in [-0.39, 0.29) is 19.4 Å². The normalized spacial score (nSPS) is 12.5. The van der Waals surface area contributed by atoms with Crippen molar-refractivity contribution in [2.45, 2.75) is 25.7 Å². The van der Waals surface area contributed by atoms with E-state index in [1.54, 1.807) is 24.3 Å². The fraction of sp³-hybridized carbons (Fsp3) is 0.214. The van der Waals surface area contributed by atoms with E-state index in [1.807, 2.05) is 19.9 Å². The van der Waals surface area contributed by atoms with Gasteiger partial charge in [-0.15, -0.1) is 0 Å². The molecule has 2 aromatic rings. The summed E-state index contributed by atoms with van der Waals surface area (Å²) >= 11 is 3.67. The van der Waals surface area contributed by atoms with E-state index < -0.39 is 10.0 Å². The van der Waals surface area contributed by atoms with Gasteiger partial charge in [0.2, 0.25) is 0 Å². The Morgan fingerprint density at radius 2 is 1.86 bits per heavy atom. The molecule has 0 bridgehead atoms. The van der Waals surface area contributed by atoms with E-state index in [0.29, 0.717) is 5.71 Å². The van der Waals surface area contributed by atoms with Crippen LogP contribution in [0.3, 0.4) is 0 Å². The summed E-state index contributed by atoms with van der Waals surface area (Å²) in [6, 6.07) is 8.66. The summed E-state index contributed by atoms with van der Waals surface area (Å²) < 4.78 is 27.7. The first-order valence-electron chi connectivity index (χ1n) is 6.18. The predicted octanol–water partition coefficient (Wildman–Crippen LogP) is 2.83. The molecular formula is C14H15BrN2O2SSe. The van der Waals surface area contributed by atoms with Crippen molar-refractivity contribution in [1.82, 2.24) is 4.83 Å². The van der Waals surface area contributed by atoms with Gasteiger partial charge in [-0.1, -0.05) is 0 Å². The average molecular weight is 434 g/mol. The van der Waals surface area contributed by atoms with Crippen molar-refractivity contribution in [3.05, 3.63) is 49.2 Å². The number of rotatable bonds is 4. The molecule has 2 rings (SSSR count). The van der Waals surface area contributed by atoms with Crippen LogP contribution in [0.2, 0.25) is 0 Å². The van der Waals surface area contributed by atoms with Crippen molar-refractivity contribution in [1.29, 1.82) is 0 Å². The van der Waals surface area contributed by atoms with Gasteiger partial charge in [-0.25, -0.2) is 0 Å². The molecule has 1 aromatic heterocycles. The quantitative estimate of drug-likeness (QED) is 0.457. The third kappa shape index (κ3) is 4.07. The van der Waals surface area contributed by atoms with Crippen molar-refractivity contribution in [3.8, 4) is 0 Å². The van der Waals surface area contributed by atoms with Crippen LogP contribution in [0.25, 0.3) is 0 Å². The number of hydrazone groups is 1. The van der Waals surface area contributed by atoms with Gasteiger partial charge in [0.05, 0.1) is 0 Å². The first-order chi connectivity index (χ1) is 9.79. The molecule has 112 valence electrons. The van der Waals surface area contributed by atoms with Gasteiger partial charge < -0.3 is 0 Å². The molecule has 0 unspecified atom stereocenters. The topological polar surface area (TPSA) is 58.5 Å². The summed E-state index contributed by atoms with van der Waals surface area (Å²) in [6.07, 6.45) is 0. The number of nitrogens with one attached hydrogen (secondary N) is 1. The Bertz CT molecular complexity index is 760. The van der Waals surface area contributed by atoms with Crippen molar-refractivity contribution < 1.29 is 8.42 Å². The van der Waals surface area contributed by atoms with Crippen molar-refractivity contribution >= 4 is 46.2 Å². The van der Waals surface area contributed by atoms with Crippen LogP contribution in [0, 0.1) is 13.8 Å². The van der Waals surface area contributed by atoms with Crippen LogP contribution in [-0.4, -0.2) is 28.6 Å². The van der Waals surface area contributed by atoms with E-state index in [4.69, 9.17) is 0 Å². The molecule has 0 aliphatic rings. The van der Waals surface area contributed by atoms with E-state index in [1.165, 1.54) is 4.44 Å². The van der Waals surface area contributed by atoms with Crippen LogP contribution < -0.4 is 4.83 Å². The molecular weight excluding hydrogens is 419 g/mol. The zero-order valence-corrected chi connectivity index (χ0v) is 16.0. The third-order valence-corrected chi connectivity index (χ3v) is 7.95. The number of hydrogen-bond donors (Lipinski definition) is 1. The molecule has 1 heterocycles. The van der Waals surface area contributed by atoms with Crippen molar-refractivity contribution in [2.75, 3.05) is 0 Å². The number of aryl methyl sites for hydroxylation is 2.